The minimum absolute atomic E-state index is 0.0629. The average Bonchev–Trinajstić information content (AvgIpc) is 2.89. The molecule has 0 saturated heterocycles. The van der Waals surface area contributed by atoms with Gasteiger partial charge >= 0.3 is 0 Å². The van der Waals surface area contributed by atoms with E-state index in [1.807, 2.05) is 44.2 Å². The van der Waals surface area contributed by atoms with E-state index >= 15 is 0 Å². The highest BCUT2D eigenvalue weighted by atomic mass is 35.5. The largest absolute Gasteiger partial charge is 0.381 e. The van der Waals surface area contributed by atoms with Crippen molar-refractivity contribution in [1.82, 2.24) is 19.8 Å². The maximum Gasteiger partial charge on any atom is 0.205 e. The highest BCUT2D eigenvalue weighted by molar-refractivity contribution is 6.30. The number of benzene rings is 1. The van der Waals surface area contributed by atoms with Gasteiger partial charge in [0, 0.05) is 5.02 Å². The van der Waals surface area contributed by atoms with Gasteiger partial charge in [0.1, 0.15) is 6.07 Å². The Balaban J connectivity index is 2.37. The zero-order chi connectivity index (χ0) is 15.9. The number of rotatable bonds is 2. The van der Waals surface area contributed by atoms with Crippen molar-refractivity contribution in [3.8, 4) is 17.2 Å². The summed E-state index contributed by atoms with van der Waals surface area (Å²) >= 11 is 5.95. The number of anilines is 1. The Bertz CT molecular complexity index is 889. The molecule has 0 amide bonds. The summed E-state index contributed by atoms with van der Waals surface area (Å²) in [5.74, 6) is 0.354. The first kappa shape index (κ1) is 14.3. The number of nitrogen functional groups attached to an aromatic ring is 1. The van der Waals surface area contributed by atoms with Crippen LogP contribution in [0.25, 0.3) is 16.8 Å². The molecule has 6 nitrogen and oxygen atoms in total. The Morgan fingerprint density at radius 1 is 1.23 bits per heavy atom. The van der Waals surface area contributed by atoms with Crippen LogP contribution in [0.5, 0.6) is 0 Å². The molecule has 3 aromatic rings. The molecule has 3 rings (SSSR count). The molecule has 0 fully saturated rings. The van der Waals surface area contributed by atoms with E-state index in [0.29, 0.717) is 10.7 Å². The monoisotopic (exact) mass is 312 g/mol. The summed E-state index contributed by atoms with van der Waals surface area (Å²) in [4.78, 5) is 0. The second-order valence-corrected chi connectivity index (χ2v) is 5.64. The maximum absolute atomic E-state index is 9.02. The molecule has 0 aliphatic heterocycles. The molecule has 0 atom stereocenters. The van der Waals surface area contributed by atoms with Crippen molar-refractivity contribution in [3.63, 3.8) is 0 Å². The van der Waals surface area contributed by atoms with Crippen LogP contribution in [0.15, 0.2) is 24.3 Å². The summed E-state index contributed by atoms with van der Waals surface area (Å²) < 4.78 is 1.48. The topological polar surface area (TPSA) is 92.9 Å². The summed E-state index contributed by atoms with van der Waals surface area (Å²) in [6.07, 6.45) is 0. The van der Waals surface area contributed by atoms with Crippen molar-refractivity contribution in [2.24, 2.45) is 0 Å². The molecular weight excluding hydrogens is 300 g/mol. The van der Waals surface area contributed by atoms with Gasteiger partial charge in [-0.1, -0.05) is 37.6 Å². The molecule has 22 heavy (non-hydrogen) atoms. The Labute approximate surface area is 132 Å². The smallest absolute Gasteiger partial charge is 0.205 e. The second kappa shape index (κ2) is 5.28. The fraction of sp³-hybridized carbons (Fsp3) is 0.200. The summed E-state index contributed by atoms with van der Waals surface area (Å²) in [6, 6.07) is 9.34. The summed E-state index contributed by atoms with van der Waals surface area (Å²) in [6.45, 7) is 4.08. The molecule has 0 radical (unpaired) electrons. The highest BCUT2D eigenvalue weighted by Crippen LogP contribution is 2.33. The molecule has 0 unspecified atom stereocenters. The van der Waals surface area contributed by atoms with Gasteiger partial charge in [0.25, 0.3) is 0 Å². The van der Waals surface area contributed by atoms with Crippen LogP contribution < -0.4 is 5.73 Å². The van der Waals surface area contributed by atoms with Crippen LogP contribution in [-0.4, -0.2) is 19.8 Å². The zero-order valence-electron chi connectivity index (χ0n) is 12.1. The maximum atomic E-state index is 9.02. The number of aromatic nitrogens is 4. The van der Waals surface area contributed by atoms with Crippen molar-refractivity contribution < 1.29 is 0 Å². The van der Waals surface area contributed by atoms with E-state index in [4.69, 9.17) is 22.6 Å². The van der Waals surface area contributed by atoms with E-state index < -0.39 is 0 Å². The lowest BCUT2D eigenvalue weighted by Crippen LogP contribution is -2.06. The third kappa shape index (κ3) is 2.16. The average molecular weight is 313 g/mol. The van der Waals surface area contributed by atoms with Gasteiger partial charge < -0.3 is 5.73 Å². The number of nitrogens with zero attached hydrogens (tertiary/aromatic N) is 5. The van der Waals surface area contributed by atoms with Crippen LogP contribution in [0.2, 0.25) is 5.02 Å². The van der Waals surface area contributed by atoms with Crippen molar-refractivity contribution in [2.75, 3.05) is 5.73 Å². The van der Waals surface area contributed by atoms with Crippen molar-refractivity contribution >= 4 is 23.1 Å². The molecule has 7 heteroatoms. The normalized spacial score (nSPS) is 11.0. The number of hydrogen-bond acceptors (Lipinski definition) is 5. The predicted molar refractivity (Wildman–Crippen MR) is 84.4 cm³/mol. The minimum atomic E-state index is 0.0629. The number of hydrogen-bond donors (Lipinski definition) is 1. The molecular formula is C15H13ClN6. The van der Waals surface area contributed by atoms with Crippen molar-refractivity contribution in [1.29, 1.82) is 5.26 Å². The number of fused-ring (bicyclic) bond motifs is 1. The number of halogens is 1. The summed E-state index contributed by atoms with van der Waals surface area (Å²) in [5.41, 5.74) is 9.20. The predicted octanol–water partition coefficient (Wildman–Crippen LogP) is 3.02. The first-order valence-corrected chi connectivity index (χ1v) is 7.11. The van der Waals surface area contributed by atoms with E-state index in [0.717, 1.165) is 16.8 Å². The standard InChI is InChI=1S/C15H13ClN6/c1-8(2)13-12(9-3-5-10(16)6-4-9)15-20-19-11(7-17)14(18)22(15)21-13/h3-6,8H,18H2,1-2H3. The quantitative estimate of drug-likeness (QED) is 0.785. The Morgan fingerprint density at radius 3 is 2.50 bits per heavy atom. The molecule has 110 valence electrons. The number of nitrogens with two attached hydrogens (primary N) is 1. The van der Waals surface area contributed by atoms with Gasteiger partial charge in [-0.3, -0.25) is 0 Å². The molecule has 1 aromatic carbocycles. The lowest BCUT2D eigenvalue weighted by molar-refractivity contribution is 0.785. The van der Waals surface area contributed by atoms with Gasteiger partial charge in [-0.2, -0.15) is 14.9 Å². The van der Waals surface area contributed by atoms with Crippen LogP contribution >= 0.6 is 11.6 Å². The molecule has 0 bridgehead atoms. The minimum Gasteiger partial charge on any atom is -0.381 e. The first-order chi connectivity index (χ1) is 10.5. The summed E-state index contributed by atoms with van der Waals surface area (Å²) in [5, 5.41) is 22.2. The fourth-order valence-electron chi connectivity index (χ4n) is 2.31. The van der Waals surface area contributed by atoms with Gasteiger partial charge in [-0.15, -0.1) is 10.2 Å². The zero-order valence-corrected chi connectivity index (χ0v) is 12.8. The Morgan fingerprint density at radius 2 is 1.91 bits per heavy atom. The van der Waals surface area contributed by atoms with E-state index in [2.05, 4.69) is 15.3 Å². The van der Waals surface area contributed by atoms with E-state index in [-0.39, 0.29) is 17.4 Å². The van der Waals surface area contributed by atoms with Gasteiger partial charge in [0.05, 0.1) is 11.3 Å². The van der Waals surface area contributed by atoms with Gasteiger partial charge in [0.2, 0.25) is 5.69 Å². The van der Waals surface area contributed by atoms with Crippen molar-refractivity contribution in [2.45, 2.75) is 19.8 Å². The molecule has 0 spiro atoms. The van der Waals surface area contributed by atoms with Gasteiger partial charge in [-0.25, -0.2) is 0 Å². The first-order valence-electron chi connectivity index (χ1n) is 6.73. The fourth-order valence-corrected chi connectivity index (χ4v) is 2.44. The van der Waals surface area contributed by atoms with Crippen LogP contribution in [0.1, 0.15) is 31.2 Å². The molecule has 0 aliphatic carbocycles. The molecule has 0 aliphatic rings. The number of nitriles is 1. The van der Waals surface area contributed by atoms with E-state index in [1.54, 1.807) is 0 Å². The highest BCUT2D eigenvalue weighted by Gasteiger charge is 2.21. The molecule has 2 heterocycles. The molecule has 2 N–H and O–H groups in total. The lowest BCUT2D eigenvalue weighted by atomic mass is 10.00. The van der Waals surface area contributed by atoms with Crippen LogP contribution in [-0.2, 0) is 0 Å². The lowest BCUT2D eigenvalue weighted by Gasteiger charge is -2.05. The van der Waals surface area contributed by atoms with Crippen LogP contribution in [0.4, 0.5) is 5.82 Å². The van der Waals surface area contributed by atoms with Crippen LogP contribution in [0.3, 0.4) is 0 Å². The molecule has 2 aromatic heterocycles. The van der Waals surface area contributed by atoms with Crippen molar-refractivity contribution in [3.05, 3.63) is 40.7 Å². The third-order valence-corrected chi connectivity index (χ3v) is 3.64. The van der Waals surface area contributed by atoms with Gasteiger partial charge in [0.15, 0.2) is 11.5 Å². The van der Waals surface area contributed by atoms with Crippen LogP contribution in [0, 0.1) is 11.3 Å². The SMILES string of the molecule is CC(C)c1nn2c(N)c(C#N)nnc2c1-c1ccc(Cl)cc1. The van der Waals surface area contributed by atoms with Gasteiger partial charge in [-0.05, 0) is 23.6 Å². The third-order valence-electron chi connectivity index (χ3n) is 3.39. The van der Waals surface area contributed by atoms with E-state index in [1.165, 1.54) is 4.52 Å². The second-order valence-electron chi connectivity index (χ2n) is 5.20. The Kier molecular flexibility index (Phi) is 3.43. The van der Waals surface area contributed by atoms with E-state index in [9.17, 15) is 0 Å². The molecule has 0 saturated carbocycles. The Hall–Kier alpha value is -2.65. The summed E-state index contributed by atoms with van der Waals surface area (Å²) in [7, 11) is 0.